The van der Waals surface area contributed by atoms with E-state index in [9.17, 15) is 9.18 Å². The van der Waals surface area contributed by atoms with E-state index >= 15 is 0 Å². The van der Waals surface area contributed by atoms with Gasteiger partial charge in [0.2, 0.25) is 0 Å². The van der Waals surface area contributed by atoms with Crippen LogP contribution in [-0.4, -0.2) is 36.1 Å². The van der Waals surface area contributed by atoms with Crippen LogP contribution in [-0.2, 0) is 4.74 Å². The summed E-state index contributed by atoms with van der Waals surface area (Å²) < 4.78 is 17.8. The van der Waals surface area contributed by atoms with E-state index in [1.807, 2.05) is 0 Å². The number of benzene rings is 1. The van der Waals surface area contributed by atoms with Crippen molar-refractivity contribution in [2.24, 2.45) is 0 Å². The molecule has 0 saturated carbocycles. The molecule has 0 bridgehead atoms. The summed E-state index contributed by atoms with van der Waals surface area (Å²) in [5.41, 5.74) is 6.65. The molecule has 0 saturated heterocycles. The Morgan fingerprint density at radius 2 is 2.09 bits per heavy atom. The van der Waals surface area contributed by atoms with Crippen molar-refractivity contribution in [1.29, 1.82) is 0 Å². The molecule has 1 aromatic carbocycles. The van der Waals surface area contributed by atoms with E-state index in [4.69, 9.17) is 10.5 Å². The van der Waals surface area contributed by atoms with E-state index in [2.05, 4.69) is 15.3 Å². The van der Waals surface area contributed by atoms with Crippen molar-refractivity contribution in [3.8, 4) is 11.4 Å². The highest BCUT2D eigenvalue weighted by Crippen LogP contribution is 2.18. The third-order valence-electron chi connectivity index (χ3n) is 2.98. The summed E-state index contributed by atoms with van der Waals surface area (Å²) in [5, 5.41) is 2.71. The minimum Gasteiger partial charge on any atom is -0.385 e. The molecule has 0 aliphatic rings. The monoisotopic (exact) mass is 304 g/mol. The van der Waals surface area contributed by atoms with Crippen LogP contribution in [0.2, 0.25) is 0 Å². The van der Waals surface area contributed by atoms with Gasteiger partial charge in [-0.15, -0.1) is 0 Å². The molecule has 0 radical (unpaired) electrons. The minimum atomic E-state index is -0.344. The van der Waals surface area contributed by atoms with Gasteiger partial charge in [0.25, 0.3) is 5.91 Å². The van der Waals surface area contributed by atoms with E-state index in [-0.39, 0.29) is 23.1 Å². The van der Waals surface area contributed by atoms with Gasteiger partial charge in [-0.25, -0.2) is 14.4 Å². The highest BCUT2D eigenvalue weighted by atomic mass is 19.1. The molecule has 1 heterocycles. The number of ether oxygens (including phenoxy) is 1. The fourth-order valence-electron chi connectivity index (χ4n) is 1.82. The van der Waals surface area contributed by atoms with Crippen LogP contribution < -0.4 is 11.1 Å². The minimum absolute atomic E-state index is 0.0820. The van der Waals surface area contributed by atoms with Crippen LogP contribution in [0.5, 0.6) is 0 Å². The zero-order valence-corrected chi connectivity index (χ0v) is 12.2. The third kappa shape index (κ3) is 3.98. The summed E-state index contributed by atoms with van der Waals surface area (Å²) in [6.07, 6.45) is 2.07. The number of carbonyl (C=O) groups excluding carboxylic acids is 1. The number of hydrogen-bond donors (Lipinski definition) is 2. The second-order valence-corrected chi connectivity index (χ2v) is 4.60. The van der Waals surface area contributed by atoms with E-state index in [0.29, 0.717) is 31.0 Å². The highest BCUT2D eigenvalue weighted by molar-refractivity contribution is 5.98. The molecule has 0 unspecified atom stereocenters. The lowest BCUT2D eigenvalue weighted by atomic mass is 10.2. The van der Waals surface area contributed by atoms with E-state index in [1.54, 1.807) is 19.2 Å². The predicted molar refractivity (Wildman–Crippen MR) is 80.7 cm³/mol. The number of carbonyl (C=O) groups is 1. The molecule has 0 fully saturated rings. The van der Waals surface area contributed by atoms with Gasteiger partial charge in [0.15, 0.2) is 5.82 Å². The Morgan fingerprint density at radius 1 is 1.36 bits per heavy atom. The number of rotatable bonds is 6. The molecule has 0 spiro atoms. The van der Waals surface area contributed by atoms with Gasteiger partial charge in [0, 0.05) is 32.0 Å². The molecule has 22 heavy (non-hydrogen) atoms. The number of amides is 1. The Morgan fingerprint density at radius 3 is 2.73 bits per heavy atom. The van der Waals surface area contributed by atoms with Gasteiger partial charge in [-0.3, -0.25) is 4.79 Å². The Balaban J connectivity index is 2.09. The van der Waals surface area contributed by atoms with E-state index in [0.717, 1.165) is 0 Å². The second kappa shape index (κ2) is 7.46. The van der Waals surface area contributed by atoms with Gasteiger partial charge in [-0.05, 0) is 30.7 Å². The maximum Gasteiger partial charge on any atom is 0.256 e. The molecule has 0 atom stereocenters. The first-order valence-electron chi connectivity index (χ1n) is 6.77. The number of aromatic nitrogens is 2. The van der Waals surface area contributed by atoms with Crippen LogP contribution in [0.15, 0.2) is 30.5 Å². The number of anilines is 1. The molecule has 3 N–H and O–H groups in total. The number of nitrogen functional groups attached to an aromatic ring is 1. The third-order valence-corrected chi connectivity index (χ3v) is 2.98. The topological polar surface area (TPSA) is 90.1 Å². The van der Waals surface area contributed by atoms with E-state index in [1.165, 1.54) is 18.3 Å². The summed E-state index contributed by atoms with van der Waals surface area (Å²) in [7, 11) is 1.60. The first kappa shape index (κ1) is 15.8. The van der Waals surface area contributed by atoms with Gasteiger partial charge >= 0.3 is 0 Å². The first-order chi connectivity index (χ1) is 10.6. The summed E-state index contributed by atoms with van der Waals surface area (Å²) in [5.74, 6) is -0.255. The molecule has 0 aliphatic carbocycles. The normalized spacial score (nSPS) is 10.5. The van der Waals surface area contributed by atoms with Crippen molar-refractivity contribution in [3.05, 3.63) is 41.8 Å². The maximum absolute atomic E-state index is 12.9. The van der Waals surface area contributed by atoms with Crippen molar-refractivity contribution in [2.75, 3.05) is 26.0 Å². The molecule has 116 valence electrons. The zero-order chi connectivity index (χ0) is 15.9. The molecule has 7 heteroatoms. The van der Waals surface area contributed by atoms with Gasteiger partial charge in [-0.1, -0.05) is 0 Å². The molecule has 1 amide bonds. The largest absolute Gasteiger partial charge is 0.385 e. The van der Waals surface area contributed by atoms with Crippen molar-refractivity contribution >= 4 is 11.7 Å². The summed E-state index contributed by atoms with van der Waals surface area (Å²) >= 11 is 0. The number of methoxy groups -OCH3 is 1. The molecule has 6 nitrogen and oxygen atoms in total. The Hall–Kier alpha value is -2.54. The lowest BCUT2D eigenvalue weighted by Crippen LogP contribution is -2.26. The standard InChI is InChI=1S/C15H17FN4O2/c1-22-8-2-7-18-15(21)12-9-19-14(20-13(12)17)10-3-5-11(16)6-4-10/h3-6,9H,2,7-8H2,1H3,(H,18,21)(H2,17,19,20). The van der Waals surface area contributed by atoms with Crippen LogP contribution >= 0.6 is 0 Å². The Bertz CT molecular complexity index is 646. The lowest BCUT2D eigenvalue weighted by molar-refractivity contribution is 0.0949. The van der Waals surface area contributed by atoms with Crippen LogP contribution in [0, 0.1) is 5.82 Å². The van der Waals surface area contributed by atoms with Gasteiger partial charge in [0.05, 0.1) is 5.56 Å². The van der Waals surface area contributed by atoms with E-state index < -0.39 is 0 Å². The number of nitrogens with two attached hydrogens (primary N) is 1. The van der Waals surface area contributed by atoms with Crippen LogP contribution in [0.1, 0.15) is 16.8 Å². The lowest BCUT2D eigenvalue weighted by Gasteiger charge is -2.08. The summed E-state index contributed by atoms with van der Waals surface area (Å²) in [4.78, 5) is 20.2. The SMILES string of the molecule is COCCCNC(=O)c1cnc(-c2ccc(F)cc2)nc1N. The molecule has 2 rings (SSSR count). The summed E-state index contributed by atoms with van der Waals surface area (Å²) in [6.45, 7) is 1.04. The average Bonchev–Trinajstić information content (AvgIpc) is 2.52. The van der Waals surface area contributed by atoms with Crippen LogP contribution in [0.25, 0.3) is 11.4 Å². The number of hydrogen-bond acceptors (Lipinski definition) is 5. The fourth-order valence-corrected chi connectivity index (χ4v) is 1.82. The predicted octanol–water partition coefficient (Wildman–Crippen LogP) is 1.63. The smallest absolute Gasteiger partial charge is 0.256 e. The second-order valence-electron chi connectivity index (χ2n) is 4.60. The average molecular weight is 304 g/mol. The van der Waals surface area contributed by atoms with Crippen molar-refractivity contribution in [2.45, 2.75) is 6.42 Å². The van der Waals surface area contributed by atoms with Crippen LogP contribution in [0.3, 0.4) is 0 Å². The molecule has 0 aliphatic heterocycles. The number of nitrogens with zero attached hydrogens (tertiary/aromatic N) is 2. The number of halogens is 1. The molecular formula is C15H17FN4O2. The van der Waals surface area contributed by atoms with Crippen LogP contribution in [0.4, 0.5) is 10.2 Å². The number of nitrogens with one attached hydrogen (secondary N) is 1. The highest BCUT2D eigenvalue weighted by Gasteiger charge is 2.13. The first-order valence-corrected chi connectivity index (χ1v) is 6.77. The zero-order valence-electron chi connectivity index (χ0n) is 12.2. The Kier molecular flexibility index (Phi) is 5.37. The fraction of sp³-hybridized carbons (Fsp3) is 0.267. The van der Waals surface area contributed by atoms with Gasteiger partial charge < -0.3 is 15.8 Å². The van der Waals surface area contributed by atoms with Gasteiger partial charge in [-0.2, -0.15) is 0 Å². The van der Waals surface area contributed by atoms with Gasteiger partial charge in [0.1, 0.15) is 11.6 Å². The Labute approximate surface area is 127 Å². The quantitative estimate of drug-likeness (QED) is 0.792. The maximum atomic E-state index is 12.9. The van der Waals surface area contributed by atoms with Crippen molar-refractivity contribution < 1.29 is 13.9 Å². The molecular weight excluding hydrogens is 287 g/mol. The molecule has 2 aromatic rings. The summed E-state index contributed by atoms with van der Waals surface area (Å²) in [6, 6.07) is 5.72. The molecule has 1 aromatic heterocycles. The van der Waals surface area contributed by atoms with Crippen molar-refractivity contribution in [1.82, 2.24) is 15.3 Å². The van der Waals surface area contributed by atoms with Crippen molar-refractivity contribution in [3.63, 3.8) is 0 Å².